The van der Waals surface area contributed by atoms with E-state index in [9.17, 15) is 4.79 Å². The summed E-state index contributed by atoms with van der Waals surface area (Å²) in [5, 5.41) is 9.18. The van der Waals surface area contributed by atoms with Crippen LogP contribution in [0.4, 0.5) is 5.69 Å². The molecule has 2 rings (SSSR count). The van der Waals surface area contributed by atoms with Crippen LogP contribution >= 0.6 is 0 Å². The first-order chi connectivity index (χ1) is 9.58. The van der Waals surface area contributed by atoms with Gasteiger partial charge in [-0.15, -0.1) is 0 Å². The Morgan fingerprint density at radius 1 is 1.35 bits per heavy atom. The molecule has 0 aliphatic heterocycles. The van der Waals surface area contributed by atoms with E-state index in [0.717, 1.165) is 12.1 Å². The Bertz CT molecular complexity index is 591. The molecular formula is C14H19N5O. The number of aromatic nitrogens is 2. The third kappa shape index (κ3) is 3.36. The maximum absolute atomic E-state index is 12.0. The maximum Gasteiger partial charge on any atom is 0.271 e. The number of H-pyrrole nitrogens is 1. The quantitative estimate of drug-likeness (QED) is 0.758. The summed E-state index contributed by atoms with van der Waals surface area (Å²) in [7, 11) is 4.03. The van der Waals surface area contributed by atoms with Crippen molar-refractivity contribution < 1.29 is 4.79 Å². The van der Waals surface area contributed by atoms with Gasteiger partial charge >= 0.3 is 0 Å². The molecule has 1 amide bonds. The molecule has 0 bridgehead atoms. The van der Waals surface area contributed by atoms with Crippen molar-refractivity contribution in [3.8, 4) is 0 Å². The van der Waals surface area contributed by atoms with Crippen molar-refractivity contribution in [2.75, 3.05) is 19.8 Å². The maximum atomic E-state index is 12.0. The summed E-state index contributed by atoms with van der Waals surface area (Å²) >= 11 is 0. The Morgan fingerprint density at radius 3 is 2.65 bits per heavy atom. The van der Waals surface area contributed by atoms with Crippen LogP contribution < -0.4 is 11.1 Å². The number of amides is 1. The van der Waals surface area contributed by atoms with Gasteiger partial charge < -0.3 is 16.0 Å². The molecule has 0 saturated heterocycles. The van der Waals surface area contributed by atoms with Crippen LogP contribution in [0.15, 0.2) is 30.5 Å². The molecule has 1 aromatic carbocycles. The van der Waals surface area contributed by atoms with Gasteiger partial charge in [-0.2, -0.15) is 5.10 Å². The van der Waals surface area contributed by atoms with E-state index >= 15 is 0 Å². The topological polar surface area (TPSA) is 87.0 Å². The van der Waals surface area contributed by atoms with E-state index in [-0.39, 0.29) is 5.91 Å². The van der Waals surface area contributed by atoms with Crippen LogP contribution in [0.25, 0.3) is 0 Å². The summed E-state index contributed by atoms with van der Waals surface area (Å²) in [4.78, 5) is 14.1. The number of hydrogen-bond acceptors (Lipinski definition) is 4. The second kappa shape index (κ2) is 6.21. The van der Waals surface area contributed by atoms with E-state index in [1.807, 2.05) is 32.3 Å². The van der Waals surface area contributed by atoms with E-state index in [2.05, 4.69) is 26.5 Å². The molecule has 0 atom stereocenters. The molecule has 0 aliphatic rings. The molecule has 6 heteroatoms. The minimum absolute atomic E-state index is 0.250. The molecule has 0 fully saturated rings. The molecule has 1 heterocycles. The van der Waals surface area contributed by atoms with E-state index < -0.39 is 0 Å². The van der Waals surface area contributed by atoms with Gasteiger partial charge in [-0.05, 0) is 25.2 Å². The first kappa shape index (κ1) is 14.1. The van der Waals surface area contributed by atoms with Crippen molar-refractivity contribution in [3.05, 3.63) is 47.3 Å². The molecule has 6 nitrogen and oxygen atoms in total. The molecule has 106 valence electrons. The van der Waals surface area contributed by atoms with Gasteiger partial charge in [-0.1, -0.05) is 24.3 Å². The van der Waals surface area contributed by atoms with Gasteiger partial charge in [0, 0.05) is 13.1 Å². The molecule has 1 aromatic heterocycles. The second-order valence-corrected chi connectivity index (χ2v) is 4.89. The lowest BCUT2D eigenvalue weighted by Gasteiger charge is -2.14. The summed E-state index contributed by atoms with van der Waals surface area (Å²) in [5.74, 6) is -0.250. The summed E-state index contributed by atoms with van der Waals surface area (Å²) in [6.07, 6.45) is 1.43. The number of benzene rings is 1. The van der Waals surface area contributed by atoms with Crippen molar-refractivity contribution in [3.63, 3.8) is 0 Å². The SMILES string of the molecule is CN(C)Cc1ccccc1CNC(=O)c1[nH]ncc1N. The van der Waals surface area contributed by atoms with Crippen molar-refractivity contribution in [2.24, 2.45) is 0 Å². The number of nitrogens with zero attached hydrogens (tertiary/aromatic N) is 2. The Balaban J connectivity index is 2.04. The number of nitrogen functional groups attached to an aromatic ring is 1. The van der Waals surface area contributed by atoms with Gasteiger partial charge in [0.25, 0.3) is 5.91 Å². The van der Waals surface area contributed by atoms with Crippen molar-refractivity contribution in [1.29, 1.82) is 0 Å². The third-order valence-corrected chi connectivity index (χ3v) is 2.94. The summed E-state index contributed by atoms with van der Waals surface area (Å²) in [5.41, 5.74) is 8.58. The molecule has 0 aliphatic carbocycles. The predicted octanol–water partition coefficient (Wildman–Crippen LogP) is 0.983. The van der Waals surface area contributed by atoms with Gasteiger partial charge in [0.2, 0.25) is 0 Å². The molecule has 0 radical (unpaired) electrons. The molecule has 0 saturated carbocycles. The lowest BCUT2D eigenvalue weighted by Crippen LogP contribution is -2.25. The van der Waals surface area contributed by atoms with Gasteiger partial charge in [0.15, 0.2) is 0 Å². The summed E-state index contributed by atoms with van der Waals surface area (Å²) in [6, 6.07) is 8.03. The number of carbonyl (C=O) groups excluding carboxylic acids is 1. The van der Waals surface area contributed by atoms with Crippen molar-refractivity contribution >= 4 is 11.6 Å². The number of anilines is 1. The lowest BCUT2D eigenvalue weighted by molar-refractivity contribution is 0.0946. The minimum atomic E-state index is -0.250. The fourth-order valence-electron chi connectivity index (χ4n) is 1.97. The average molecular weight is 273 g/mol. The van der Waals surface area contributed by atoms with E-state index in [1.54, 1.807) is 0 Å². The van der Waals surface area contributed by atoms with Crippen LogP contribution in [0.5, 0.6) is 0 Å². The van der Waals surface area contributed by atoms with Crippen LogP contribution in [-0.2, 0) is 13.1 Å². The number of rotatable bonds is 5. The van der Waals surface area contributed by atoms with E-state index in [0.29, 0.717) is 17.9 Å². The van der Waals surface area contributed by atoms with Crippen LogP contribution in [-0.4, -0.2) is 35.1 Å². The lowest BCUT2D eigenvalue weighted by atomic mass is 10.1. The fraction of sp³-hybridized carbons (Fsp3) is 0.286. The zero-order valence-corrected chi connectivity index (χ0v) is 11.7. The van der Waals surface area contributed by atoms with Gasteiger partial charge in [-0.25, -0.2) is 0 Å². The highest BCUT2D eigenvalue weighted by Crippen LogP contribution is 2.11. The normalized spacial score (nSPS) is 10.8. The number of hydrogen-bond donors (Lipinski definition) is 3. The highest BCUT2D eigenvalue weighted by Gasteiger charge is 2.12. The molecule has 0 unspecified atom stereocenters. The Morgan fingerprint density at radius 2 is 2.05 bits per heavy atom. The van der Waals surface area contributed by atoms with Gasteiger partial charge in [0.05, 0.1) is 11.9 Å². The number of nitrogens with one attached hydrogen (secondary N) is 2. The van der Waals surface area contributed by atoms with Crippen LogP contribution in [0.2, 0.25) is 0 Å². The van der Waals surface area contributed by atoms with E-state index in [4.69, 9.17) is 5.73 Å². The fourth-order valence-corrected chi connectivity index (χ4v) is 1.97. The molecule has 2 aromatic rings. The number of carbonyl (C=O) groups is 1. The van der Waals surface area contributed by atoms with E-state index in [1.165, 1.54) is 11.8 Å². The largest absolute Gasteiger partial charge is 0.396 e. The molecular weight excluding hydrogens is 254 g/mol. The van der Waals surface area contributed by atoms with Crippen LogP contribution in [0.1, 0.15) is 21.6 Å². The van der Waals surface area contributed by atoms with Gasteiger partial charge in [0.1, 0.15) is 5.69 Å². The highest BCUT2D eigenvalue weighted by molar-refractivity contribution is 5.96. The standard InChI is InChI=1S/C14H19N5O/c1-19(2)9-11-6-4-3-5-10(11)7-16-14(20)13-12(15)8-17-18-13/h3-6,8H,7,9,15H2,1-2H3,(H,16,20)(H,17,18). The summed E-state index contributed by atoms with van der Waals surface area (Å²) < 4.78 is 0. The van der Waals surface area contributed by atoms with Crippen molar-refractivity contribution in [1.82, 2.24) is 20.4 Å². The van der Waals surface area contributed by atoms with Crippen LogP contribution in [0.3, 0.4) is 0 Å². The molecule has 4 N–H and O–H groups in total. The summed E-state index contributed by atoms with van der Waals surface area (Å²) in [6.45, 7) is 1.29. The third-order valence-electron chi connectivity index (χ3n) is 2.94. The molecule has 0 spiro atoms. The zero-order valence-electron chi connectivity index (χ0n) is 11.7. The Kier molecular flexibility index (Phi) is 4.37. The second-order valence-electron chi connectivity index (χ2n) is 4.89. The monoisotopic (exact) mass is 273 g/mol. The minimum Gasteiger partial charge on any atom is -0.396 e. The van der Waals surface area contributed by atoms with Gasteiger partial charge in [-0.3, -0.25) is 9.89 Å². The smallest absolute Gasteiger partial charge is 0.271 e. The molecule has 20 heavy (non-hydrogen) atoms. The highest BCUT2D eigenvalue weighted by atomic mass is 16.1. The first-order valence-corrected chi connectivity index (χ1v) is 6.36. The average Bonchev–Trinajstić information content (AvgIpc) is 2.83. The first-order valence-electron chi connectivity index (χ1n) is 6.36. The number of aromatic amines is 1. The Labute approximate surface area is 118 Å². The predicted molar refractivity (Wildman–Crippen MR) is 78.0 cm³/mol. The zero-order chi connectivity index (χ0) is 14.5. The number of nitrogens with two attached hydrogens (primary N) is 1. The Hall–Kier alpha value is -2.34. The van der Waals surface area contributed by atoms with Crippen LogP contribution in [0, 0.1) is 0 Å². The van der Waals surface area contributed by atoms with Crippen molar-refractivity contribution in [2.45, 2.75) is 13.1 Å².